The fourth-order valence-corrected chi connectivity index (χ4v) is 1.71. The Morgan fingerprint density at radius 2 is 2.00 bits per heavy atom. The SMILES string of the molecule is CC[C@H]([C@H](O)CCc1ccccc1)[N+](=O)[O-]. The van der Waals surface area contributed by atoms with Gasteiger partial charge in [0.2, 0.25) is 6.04 Å². The number of rotatable bonds is 6. The molecule has 0 spiro atoms. The van der Waals surface area contributed by atoms with E-state index in [1.54, 1.807) is 6.92 Å². The van der Waals surface area contributed by atoms with E-state index in [1.807, 2.05) is 30.3 Å². The highest BCUT2D eigenvalue weighted by Crippen LogP contribution is 2.11. The lowest BCUT2D eigenvalue weighted by atomic mass is 10.0. The normalized spacial score (nSPS) is 14.4. The van der Waals surface area contributed by atoms with Crippen LogP contribution in [0.25, 0.3) is 0 Å². The lowest BCUT2D eigenvalue weighted by Crippen LogP contribution is -2.33. The van der Waals surface area contributed by atoms with Gasteiger partial charge in [-0.05, 0) is 18.4 Å². The largest absolute Gasteiger partial charge is 0.386 e. The third kappa shape index (κ3) is 3.62. The zero-order chi connectivity index (χ0) is 12.0. The van der Waals surface area contributed by atoms with Gasteiger partial charge in [-0.25, -0.2) is 0 Å². The molecular formula is C12H17NO3. The van der Waals surface area contributed by atoms with Crippen molar-refractivity contribution in [2.24, 2.45) is 0 Å². The van der Waals surface area contributed by atoms with Crippen LogP contribution >= 0.6 is 0 Å². The van der Waals surface area contributed by atoms with Crippen LogP contribution in [0.1, 0.15) is 25.3 Å². The number of nitro groups is 1. The smallest absolute Gasteiger partial charge is 0.238 e. The predicted molar refractivity (Wildman–Crippen MR) is 61.8 cm³/mol. The number of aryl methyl sites for hydroxylation is 1. The molecule has 0 aliphatic rings. The molecule has 0 saturated carbocycles. The molecule has 1 aromatic rings. The molecule has 0 bridgehead atoms. The number of nitrogens with zero attached hydrogens (tertiary/aromatic N) is 1. The van der Waals surface area contributed by atoms with E-state index < -0.39 is 17.1 Å². The Kier molecular flexibility index (Phi) is 4.92. The molecule has 0 heterocycles. The monoisotopic (exact) mass is 223 g/mol. The lowest BCUT2D eigenvalue weighted by Gasteiger charge is -2.14. The molecule has 1 aromatic carbocycles. The fraction of sp³-hybridized carbons (Fsp3) is 0.500. The first kappa shape index (κ1) is 12.6. The summed E-state index contributed by atoms with van der Waals surface area (Å²) < 4.78 is 0. The molecule has 0 aliphatic carbocycles. The van der Waals surface area contributed by atoms with E-state index in [0.29, 0.717) is 19.3 Å². The van der Waals surface area contributed by atoms with Crippen molar-refractivity contribution in [1.29, 1.82) is 0 Å². The first-order valence-electron chi connectivity index (χ1n) is 5.50. The Bertz CT molecular complexity index is 326. The van der Waals surface area contributed by atoms with E-state index in [9.17, 15) is 15.2 Å². The highest BCUT2D eigenvalue weighted by molar-refractivity contribution is 5.14. The number of aliphatic hydroxyl groups excluding tert-OH is 1. The lowest BCUT2D eigenvalue weighted by molar-refractivity contribution is -0.534. The van der Waals surface area contributed by atoms with Crippen LogP contribution in [0.15, 0.2) is 30.3 Å². The molecule has 0 aliphatic heterocycles. The predicted octanol–water partition coefficient (Wildman–Crippen LogP) is 2.04. The molecular weight excluding hydrogens is 206 g/mol. The van der Waals surface area contributed by atoms with Crippen molar-refractivity contribution < 1.29 is 10.0 Å². The Morgan fingerprint density at radius 1 is 1.38 bits per heavy atom. The van der Waals surface area contributed by atoms with E-state index in [1.165, 1.54) is 0 Å². The maximum atomic E-state index is 10.6. The molecule has 0 aromatic heterocycles. The maximum Gasteiger partial charge on any atom is 0.238 e. The maximum absolute atomic E-state index is 10.6. The highest BCUT2D eigenvalue weighted by Gasteiger charge is 2.27. The summed E-state index contributed by atoms with van der Waals surface area (Å²) in [6, 6.07) is 8.84. The van der Waals surface area contributed by atoms with Crippen molar-refractivity contribution >= 4 is 0 Å². The third-order valence-corrected chi connectivity index (χ3v) is 2.70. The number of hydrogen-bond acceptors (Lipinski definition) is 3. The van der Waals surface area contributed by atoms with E-state index in [2.05, 4.69) is 0 Å². The minimum atomic E-state index is -0.861. The van der Waals surface area contributed by atoms with Gasteiger partial charge in [-0.2, -0.15) is 0 Å². The molecule has 4 nitrogen and oxygen atoms in total. The van der Waals surface area contributed by atoms with Crippen molar-refractivity contribution in [2.45, 2.75) is 38.3 Å². The van der Waals surface area contributed by atoms with Gasteiger partial charge in [0.15, 0.2) is 0 Å². The Hall–Kier alpha value is -1.42. The Labute approximate surface area is 95.1 Å². The van der Waals surface area contributed by atoms with Crippen molar-refractivity contribution in [3.8, 4) is 0 Å². The molecule has 2 atom stereocenters. The quantitative estimate of drug-likeness (QED) is 0.593. The fourth-order valence-electron chi connectivity index (χ4n) is 1.71. The van der Waals surface area contributed by atoms with Crippen molar-refractivity contribution in [1.82, 2.24) is 0 Å². The zero-order valence-electron chi connectivity index (χ0n) is 9.37. The zero-order valence-corrected chi connectivity index (χ0v) is 9.37. The van der Waals surface area contributed by atoms with Gasteiger partial charge in [0.1, 0.15) is 6.10 Å². The summed E-state index contributed by atoms with van der Waals surface area (Å²) in [5, 5.41) is 20.3. The second kappa shape index (κ2) is 6.23. The summed E-state index contributed by atoms with van der Waals surface area (Å²) in [5.41, 5.74) is 1.10. The van der Waals surface area contributed by atoms with Crippen molar-refractivity contribution in [3.63, 3.8) is 0 Å². The average Bonchev–Trinajstić information content (AvgIpc) is 2.28. The van der Waals surface area contributed by atoms with Crippen LogP contribution < -0.4 is 0 Å². The van der Waals surface area contributed by atoms with Gasteiger partial charge >= 0.3 is 0 Å². The van der Waals surface area contributed by atoms with Crippen LogP contribution in [0, 0.1) is 10.1 Å². The van der Waals surface area contributed by atoms with Gasteiger partial charge in [-0.15, -0.1) is 0 Å². The van der Waals surface area contributed by atoms with E-state index in [4.69, 9.17) is 0 Å². The van der Waals surface area contributed by atoms with Crippen LogP contribution in [-0.2, 0) is 6.42 Å². The van der Waals surface area contributed by atoms with Crippen LogP contribution in [0.3, 0.4) is 0 Å². The highest BCUT2D eigenvalue weighted by atomic mass is 16.6. The van der Waals surface area contributed by atoms with Crippen LogP contribution in [-0.4, -0.2) is 22.2 Å². The molecule has 0 unspecified atom stereocenters. The first-order valence-corrected chi connectivity index (χ1v) is 5.50. The second-order valence-electron chi connectivity index (χ2n) is 3.85. The van der Waals surface area contributed by atoms with Crippen molar-refractivity contribution in [2.75, 3.05) is 0 Å². The summed E-state index contributed by atoms with van der Waals surface area (Å²) >= 11 is 0. The average molecular weight is 223 g/mol. The Balaban J connectivity index is 2.46. The topological polar surface area (TPSA) is 63.4 Å². The summed E-state index contributed by atoms with van der Waals surface area (Å²) in [6.45, 7) is 1.72. The molecule has 0 saturated heterocycles. The number of aliphatic hydroxyl groups is 1. The molecule has 16 heavy (non-hydrogen) atoms. The molecule has 0 radical (unpaired) electrons. The van der Waals surface area contributed by atoms with Crippen molar-refractivity contribution in [3.05, 3.63) is 46.0 Å². The van der Waals surface area contributed by atoms with Gasteiger partial charge in [0.05, 0.1) is 0 Å². The minimum absolute atomic E-state index is 0.364. The summed E-state index contributed by atoms with van der Waals surface area (Å²) in [4.78, 5) is 10.2. The van der Waals surface area contributed by atoms with Gasteiger partial charge in [-0.1, -0.05) is 37.3 Å². The summed E-state index contributed by atoms with van der Waals surface area (Å²) in [7, 11) is 0. The molecule has 1 N–H and O–H groups in total. The van der Waals surface area contributed by atoms with Gasteiger partial charge < -0.3 is 5.11 Å². The number of benzene rings is 1. The van der Waals surface area contributed by atoms with Gasteiger partial charge in [-0.3, -0.25) is 10.1 Å². The molecule has 1 rings (SSSR count). The summed E-state index contributed by atoms with van der Waals surface area (Å²) in [5.74, 6) is 0. The van der Waals surface area contributed by atoms with Gasteiger partial charge in [0.25, 0.3) is 0 Å². The molecule has 4 heteroatoms. The molecule has 0 fully saturated rings. The minimum Gasteiger partial charge on any atom is -0.386 e. The third-order valence-electron chi connectivity index (χ3n) is 2.70. The molecule has 88 valence electrons. The number of hydrogen-bond donors (Lipinski definition) is 1. The van der Waals surface area contributed by atoms with Crippen LogP contribution in [0.5, 0.6) is 0 Å². The molecule has 0 amide bonds. The second-order valence-corrected chi connectivity index (χ2v) is 3.85. The van der Waals surface area contributed by atoms with E-state index >= 15 is 0 Å². The van der Waals surface area contributed by atoms with Gasteiger partial charge in [0, 0.05) is 11.3 Å². The van der Waals surface area contributed by atoms with E-state index in [0.717, 1.165) is 5.56 Å². The first-order chi connectivity index (χ1) is 7.65. The summed E-state index contributed by atoms with van der Waals surface area (Å²) in [6.07, 6.45) is 0.610. The van der Waals surface area contributed by atoms with E-state index in [-0.39, 0.29) is 0 Å². The Morgan fingerprint density at radius 3 is 2.50 bits per heavy atom. The standard InChI is InChI=1S/C12H17NO3/c1-2-11(13(15)16)12(14)9-8-10-6-4-3-5-7-10/h3-7,11-12,14H,2,8-9H2,1H3/t11-,12-/m1/s1. The van der Waals surface area contributed by atoms with Crippen LogP contribution in [0.4, 0.5) is 0 Å². The van der Waals surface area contributed by atoms with Crippen LogP contribution in [0.2, 0.25) is 0 Å².